The molecular weight excluding hydrogens is 375 g/mol. The van der Waals surface area contributed by atoms with Crippen LogP contribution in [0.2, 0.25) is 10.0 Å². The number of hydrogen-bond donors (Lipinski definition) is 1. The first kappa shape index (κ1) is 15.9. The van der Waals surface area contributed by atoms with Gasteiger partial charge in [-0.15, -0.1) is 0 Å². The lowest BCUT2D eigenvalue weighted by atomic mass is 10.1. The number of piperidine rings is 1. The summed E-state index contributed by atoms with van der Waals surface area (Å²) in [5.41, 5.74) is 1.40. The van der Waals surface area contributed by atoms with Gasteiger partial charge in [0.05, 0.1) is 27.6 Å². The van der Waals surface area contributed by atoms with Crippen LogP contribution in [0.5, 0.6) is 0 Å². The molecule has 1 saturated carbocycles. The van der Waals surface area contributed by atoms with Crippen LogP contribution in [0.3, 0.4) is 0 Å². The molecule has 1 aromatic carbocycles. The van der Waals surface area contributed by atoms with E-state index < -0.39 is 12.0 Å². The lowest BCUT2D eigenvalue weighted by molar-refractivity contribution is -0.138. The summed E-state index contributed by atoms with van der Waals surface area (Å²) >= 11 is 12.6. The summed E-state index contributed by atoms with van der Waals surface area (Å²) in [5.74, 6) is 0.430. The van der Waals surface area contributed by atoms with Crippen LogP contribution in [-0.4, -0.2) is 38.2 Å². The number of rotatable bonds is 3. The lowest BCUT2D eigenvalue weighted by Crippen LogP contribution is -2.40. The average molecular weight is 389 g/mol. The van der Waals surface area contributed by atoms with Gasteiger partial charge in [0.2, 0.25) is 0 Å². The predicted octanol–water partition coefficient (Wildman–Crippen LogP) is 3.64. The second-order valence-corrected chi connectivity index (χ2v) is 7.61. The van der Waals surface area contributed by atoms with Crippen LogP contribution >= 0.6 is 23.2 Å². The first-order valence-corrected chi connectivity index (χ1v) is 9.06. The summed E-state index contributed by atoms with van der Waals surface area (Å²) in [6, 6.07) is 4.96. The fraction of sp³-hybridized carbons (Fsp3) is 0.278. The van der Waals surface area contributed by atoms with Gasteiger partial charge >= 0.3 is 5.97 Å². The number of aliphatic carboxylic acids is 1. The summed E-state index contributed by atoms with van der Waals surface area (Å²) in [6.07, 6.45) is 6.19. The Morgan fingerprint density at radius 3 is 2.88 bits per heavy atom. The maximum Gasteiger partial charge on any atom is 0.326 e. The van der Waals surface area contributed by atoms with Crippen molar-refractivity contribution in [1.82, 2.24) is 14.5 Å². The summed E-state index contributed by atoms with van der Waals surface area (Å²) in [6.45, 7) is 0.696. The zero-order valence-corrected chi connectivity index (χ0v) is 15.0. The van der Waals surface area contributed by atoms with Gasteiger partial charge in [0.25, 0.3) is 0 Å². The Morgan fingerprint density at radius 1 is 1.31 bits per heavy atom. The molecule has 0 amide bonds. The van der Waals surface area contributed by atoms with Crippen molar-refractivity contribution in [3.8, 4) is 5.69 Å². The highest BCUT2D eigenvalue weighted by molar-refractivity contribution is 6.45. The second kappa shape index (κ2) is 5.59. The van der Waals surface area contributed by atoms with E-state index in [1.807, 2.05) is 27.8 Å². The Labute approximate surface area is 159 Å². The van der Waals surface area contributed by atoms with Crippen molar-refractivity contribution in [3.05, 3.63) is 47.0 Å². The number of fused-ring (bicyclic) bond motifs is 2. The Kier molecular flexibility index (Phi) is 3.42. The maximum atomic E-state index is 11.8. The zero-order valence-electron chi connectivity index (χ0n) is 13.5. The standard InChI is InChI=1S/C18H14Cl2N4O2/c19-12-2-1-10-13(23-4-3-21-8-23)6-14(22-16(10)15(12)20)24-7-9-5-11(9)17(24)18(25)26/h1-4,6,8-9,11,17H,5,7H2,(H,25,26)/t9-,11-,17+/m1/s1. The van der Waals surface area contributed by atoms with Crippen molar-refractivity contribution in [1.29, 1.82) is 0 Å². The average Bonchev–Trinajstić information content (AvgIpc) is 3.05. The number of imidazole rings is 1. The first-order valence-electron chi connectivity index (χ1n) is 8.31. The number of anilines is 1. The monoisotopic (exact) mass is 388 g/mol. The molecule has 3 atom stereocenters. The number of carboxylic acid groups (broad SMARTS) is 1. The van der Waals surface area contributed by atoms with Gasteiger partial charge in [-0.3, -0.25) is 0 Å². The Hall–Kier alpha value is -2.31. The minimum Gasteiger partial charge on any atom is -0.480 e. The van der Waals surface area contributed by atoms with Crippen molar-refractivity contribution in [3.63, 3.8) is 0 Å². The second-order valence-electron chi connectivity index (χ2n) is 6.82. The van der Waals surface area contributed by atoms with E-state index in [0.717, 1.165) is 17.5 Å². The van der Waals surface area contributed by atoms with Crippen molar-refractivity contribution in [2.24, 2.45) is 11.8 Å². The van der Waals surface area contributed by atoms with E-state index in [9.17, 15) is 9.90 Å². The van der Waals surface area contributed by atoms with Crippen LogP contribution in [0.15, 0.2) is 36.9 Å². The largest absolute Gasteiger partial charge is 0.480 e. The Bertz CT molecular complexity index is 1040. The molecule has 1 aliphatic heterocycles. The van der Waals surface area contributed by atoms with Gasteiger partial charge in [-0.1, -0.05) is 23.2 Å². The summed E-state index contributed by atoms with van der Waals surface area (Å²) in [4.78, 5) is 22.5. The number of aromatic nitrogens is 3. The van der Waals surface area contributed by atoms with E-state index in [1.165, 1.54) is 0 Å². The smallest absolute Gasteiger partial charge is 0.326 e. The molecule has 26 heavy (non-hydrogen) atoms. The van der Waals surface area contributed by atoms with Crippen molar-refractivity contribution < 1.29 is 9.90 Å². The van der Waals surface area contributed by atoms with Crippen LogP contribution in [-0.2, 0) is 4.79 Å². The Morgan fingerprint density at radius 2 is 2.15 bits per heavy atom. The molecule has 1 aliphatic carbocycles. The molecule has 132 valence electrons. The quantitative estimate of drug-likeness (QED) is 0.741. The molecule has 5 rings (SSSR count). The lowest BCUT2D eigenvalue weighted by Gasteiger charge is -2.26. The molecule has 1 saturated heterocycles. The normalized spacial score (nSPS) is 24.1. The van der Waals surface area contributed by atoms with E-state index in [2.05, 4.69) is 9.97 Å². The summed E-state index contributed by atoms with van der Waals surface area (Å²) in [5, 5.41) is 11.3. The molecule has 8 heteroatoms. The number of halogens is 2. The molecule has 0 radical (unpaired) electrons. The van der Waals surface area contributed by atoms with Gasteiger partial charge in [-0.2, -0.15) is 0 Å². The minimum atomic E-state index is -0.807. The summed E-state index contributed by atoms with van der Waals surface area (Å²) < 4.78 is 1.87. The topological polar surface area (TPSA) is 71.2 Å². The summed E-state index contributed by atoms with van der Waals surface area (Å²) in [7, 11) is 0. The van der Waals surface area contributed by atoms with E-state index in [1.54, 1.807) is 18.6 Å². The molecule has 1 N–H and O–H groups in total. The van der Waals surface area contributed by atoms with Gasteiger partial charge in [0.15, 0.2) is 0 Å². The molecule has 6 nitrogen and oxygen atoms in total. The third-order valence-electron chi connectivity index (χ3n) is 5.32. The number of benzene rings is 1. The number of nitrogens with zero attached hydrogens (tertiary/aromatic N) is 4. The van der Waals surface area contributed by atoms with Crippen LogP contribution < -0.4 is 4.90 Å². The predicted molar refractivity (Wildman–Crippen MR) is 99.3 cm³/mol. The van der Waals surface area contributed by atoms with E-state index >= 15 is 0 Å². The van der Waals surface area contributed by atoms with Gasteiger partial charge in [-0.25, -0.2) is 14.8 Å². The molecule has 3 aromatic rings. The third-order valence-corrected chi connectivity index (χ3v) is 6.11. The molecule has 0 bridgehead atoms. The molecule has 2 aliphatic rings. The fourth-order valence-electron chi connectivity index (χ4n) is 3.98. The third kappa shape index (κ3) is 2.29. The molecule has 0 unspecified atom stereocenters. The van der Waals surface area contributed by atoms with Crippen molar-refractivity contribution in [2.75, 3.05) is 11.4 Å². The van der Waals surface area contributed by atoms with Crippen molar-refractivity contribution in [2.45, 2.75) is 12.5 Å². The fourth-order valence-corrected chi connectivity index (χ4v) is 4.34. The SMILES string of the molecule is O=C(O)[C@@H]1[C@@H]2C[C@@H]2CN1c1cc(-n2ccnc2)c2ccc(Cl)c(Cl)c2n1. The highest BCUT2D eigenvalue weighted by atomic mass is 35.5. The molecular formula is C18H14Cl2N4O2. The van der Waals surface area contributed by atoms with E-state index in [0.29, 0.717) is 33.8 Å². The van der Waals surface area contributed by atoms with Gasteiger partial charge < -0.3 is 14.6 Å². The zero-order chi connectivity index (χ0) is 18.0. The van der Waals surface area contributed by atoms with Gasteiger partial charge in [0, 0.05) is 30.4 Å². The number of pyridine rings is 1. The van der Waals surface area contributed by atoms with Crippen LogP contribution in [0.1, 0.15) is 6.42 Å². The van der Waals surface area contributed by atoms with Crippen LogP contribution in [0, 0.1) is 11.8 Å². The van der Waals surface area contributed by atoms with E-state index in [-0.39, 0.29) is 5.92 Å². The number of carbonyl (C=O) groups is 1. The van der Waals surface area contributed by atoms with Crippen LogP contribution in [0.25, 0.3) is 16.6 Å². The molecule has 0 spiro atoms. The highest BCUT2D eigenvalue weighted by Gasteiger charge is 2.56. The number of carboxylic acids is 1. The van der Waals surface area contributed by atoms with Crippen molar-refractivity contribution >= 4 is 45.9 Å². The maximum absolute atomic E-state index is 11.8. The molecule has 2 fully saturated rings. The van der Waals surface area contributed by atoms with Crippen LogP contribution in [0.4, 0.5) is 5.82 Å². The van der Waals surface area contributed by atoms with E-state index in [4.69, 9.17) is 23.2 Å². The van der Waals surface area contributed by atoms with Gasteiger partial charge in [0.1, 0.15) is 11.9 Å². The molecule has 2 aromatic heterocycles. The minimum absolute atomic E-state index is 0.205. The van der Waals surface area contributed by atoms with Gasteiger partial charge in [-0.05, 0) is 30.4 Å². The number of hydrogen-bond acceptors (Lipinski definition) is 4. The first-order chi connectivity index (χ1) is 12.5. The molecule has 3 heterocycles. The highest BCUT2D eigenvalue weighted by Crippen LogP contribution is 2.51. The Balaban J connectivity index is 1.74.